The van der Waals surface area contributed by atoms with Crippen LogP contribution in [0, 0.1) is 6.92 Å². The Morgan fingerprint density at radius 2 is 1.85 bits per heavy atom. The van der Waals surface area contributed by atoms with E-state index < -0.39 is 12.0 Å². The van der Waals surface area contributed by atoms with E-state index >= 15 is 0 Å². The molecule has 1 atom stereocenters. The van der Waals surface area contributed by atoms with Crippen LogP contribution >= 0.6 is 0 Å². The van der Waals surface area contributed by atoms with Gasteiger partial charge in [-0.3, -0.25) is 14.3 Å². The average Bonchev–Trinajstić information content (AvgIpc) is 3.02. The van der Waals surface area contributed by atoms with Crippen molar-refractivity contribution in [1.82, 2.24) is 15.1 Å². The molecule has 6 heteroatoms. The molecule has 0 aliphatic carbocycles. The van der Waals surface area contributed by atoms with Crippen molar-refractivity contribution in [3.8, 4) is 0 Å². The van der Waals surface area contributed by atoms with Crippen molar-refractivity contribution in [2.45, 2.75) is 39.3 Å². The molecule has 3 aromatic rings. The zero-order valence-corrected chi connectivity index (χ0v) is 15.6. The van der Waals surface area contributed by atoms with Crippen molar-refractivity contribution in [1.29, 1.82) is 0 Å². The van der Waals surface area contributed by atoms with Crippen molar-refractivity contribution < 1.29 is 14.7 Å². The van der Waals surface area contributed by atoms with Gasteiger partial charge in [-0.25, -0.2) is 0 Å². The Bertz CT molecular complexity index is 991. The van der Waals surface area contributed by atoms with Crippen LogP contribution in [-0.4, -0.2) is 26.8 Å². The fourth-order valence-electron chi connectivity index (χ4n) is 3.25. The summed E-state index contributed by atoms with van der Waals surface area (Å²) in [6.45, 7) is 5.82. The van der Waals surface area contributed by atoms with E-state index in [9.17, 15) is 14.7 Å². The first-order valence-corrected chi connectivity index (χ1v) is 8.92. The van der Waals surface area contributed by atoms with Crippen LogP contribution < -0.4 is 5.32 Å². The van der Waals surface area contributed by atoms with Crippen molar-refractivity contribution in [2.75, 3.05) is 0 Å². The van der Waals surface area contributed by atoms with Gasteiger partial charge in [0.05, 0.1) is 24.2 Å². The normalized spacial score (nSPS) is 12.3. The number of carbonyl (C=O) groups is 2. The van der Waals surface area contributed by atoms with Gasteiger partial charge in [0.2, 0.25) is 0 Å². The number of hydrogen-bond acceptors (Lipinski definition) is 3. The summed E-state index contributed by atoms with van der Waals surface area (Å²) >= 11 is 0. The summed E-state index contributed by atoms with van der Waals surface area (Å²) in [7, 11) is 0. The van der Waals surface area contributed by atoms with E-state index in [0.29, 0.717) is 5.56 Å². The van der Waals surface area contributed by atoms with Crippen LogP contribution in [0.5, 0.6) is 0 Å². The van der Waals surface area contributed by atoms with Crippen LogP contribution in [0.15, 0.2) is 48.7 Å². The summed E-state index contributed by atoms with van der Waals surface area (Å²) in [6.07, 6.45) is 1.34. The lowest BCUT2D eigenvalue weighted by atomic mass is 9.99. The Labute approximate surface area is 157 Å². The molecule has 2 N–H and O–H groups in total. The zero-order valence-electron chi connectivity index (χ0n) is 15.6. The predicted octanol–water partition coefficient (Wildman–Crippen LogP) is 3.87. The minimum atomic E-state index is -0.969. The Balaban J connectivity index is 1.90. The molecular weight excluding hydrogens is 342 g/mol. The van der Waals surface area contributed by atoms with Crippen LogP contribution in [0.3, 0.4) is 0 Å². The van der Waals surface area contributed by atoms with Gasteiger partial charge < -0.3 is 10.4 Å². The van der Waals surface area contributed by atoms with Gasteiger partial charge in [0.1, 0.15) is 0 Å². The minimum absolute atomic E-state index is 0.141. The lowest BCUT2D eigenvalue weighted by molar-refractivity contribution is -0.137. The summed E-state index contributed by atoms with van der Waals surface area (Å²) < 4.78 is 1.77. The first-order valence-electron chi connectivity index (χ1n) is 8.92. The highest BCUT2D eigenvalue weighted by Crippen LogP contribution is 2.23. The van der Waals surface area contributed by atoms with Gasteiger partial charge in [-0.15, -0.1) is 0 Å². The molecule has 6 nitrogen and oxygen atoms in total. The number of nitrogens with one attached hydrogen (secondary N) is 1. The Hall–Kier alpha value is -3.15. The second-order valence-electron chi connectivity index (χ2n) is 6.91. The molecule has 140 valence electrons. The monoisotopic (exact) mass is 365 g/mol. The van der Waals surface area contributed by atoms with Gasteiger partial charge in [-0.05, 0) is 43.2 Å². The summed E-state index contributed by atoms with van der Waals surface area (Å²) in [6, 6.07) is 13.1. The fourth-order valence-corrected chi connectivity index (χ4v) is 3.25. The number of aliphatic carboxylic acids is 1. The third-order valence-corrected chi connectivity index (χ3v) is 4.64. The summed E-state index contributed by atoms with van der Waals surface area (Å²) in [4.78, 5) is 24.1. The number of rotatable bonds is 6. The quantitative estimate of drug-likeness (QED) is 0.694. The highest BCUT2D eigenvalue weighted by atomic mass is 16.4. The van der Waals surface area contributed by atoms with E-state index in [2.05, 4.69) is 10.4 Å². The second-order valence-corrected chi connectivity index (χ2v) is 6.91. The van der Waals surface area contributed by atoms with E-state index in [0.717, 1.165) is 22.0 Å². The number of nitrogens with zero attached hydrogens (tertiary/aromatic N) is 2. The van der Waals surface area contributed by atoms with Crippen LogP contribution in [-0.2, 0) is 4.79 Å². The fraction of sp³-hybridized carbons (Fsp3) is 0.286. The van der Waals surface area contributed by atoms with E-state index in [-0.39, 0.29) is 18.4 Å². The van der Waals surface area contributed by atoms with Crippen molar-refractivity contribution in [2.24, 2.45) is 0 Å². The molecule has 0 spiro atoms. The standard InChI is InChI=1S/C21H23N3O3/c1-13(2)24-14(3)18(12-22-24)21(27)23-19(11-20(25)26)17-9-8-15-6-4-5-7-16(15)10-17/h4-10,12-13,19H,11H2,1-3H3,(H,23,27)(H,25,26)/t19-/m0/s1. The minimum Gasteiger partial charge on any atom is -0.481 e. The van der Waals surface area contributed by atoms with E-state index in [1.807, 2.05) is 63.2 Å². The van der Waals surface area contributed by atoms with Gasteiger partial charge in [0.25, 0.3) is 5.91 Å². The molecule has 0 aliphatic heterocycles. The lowest BCUT2D eigenvalue weighted by Gasteiger charge is -2.18. The first kappa shape index (κ1) is 18.6. The summed E-state index contributed by atoms with van der Waals surface area (Å²) in [5.74, 6) is -1.29. The molecule has 0 bridgehead atoms. The molecule has 1 amide bonds. The predicted molar refractivity (Wildman–Crippen MR) is 104 cm³/mol. The molecule has 0 aliphatic rings. The van der Waals surface area contributed by atoms with Crippen LogP contribution in [0.4, 0.5) is 0 Å². The molecule has 0 radical (unpaired) electrons. The molecule has 2 aromatic carbocycles. The topological polar surface area (TPSA) is 84.2 Å². The number of carboxylic acids is 1. The van der Waals surface area contributed by atoms with E-state index in [4.69, 9.17) is 0 Å². The van der Waals surface area contributed by atoms with Gasteiger partial charge >= 0.3 is 5.97 Å². The number of aromatic nitrogens is 2. The number of benzene rings is 2. The number of amides is 1. The SMILES string of the molecule is Cc1c(C(=O)N[C@@H](CC(=O)O)c2ccc3ccccc3c2)cnn1C(C)C. The maximum atomic E-state index is 12.8. The summed E-state index contributed by atoms with van der Waals surface area (Å²) in [5.41, 5.74) is 1.98. The highest BCUT2D eigenvalue weighted by molar-refractivity contribution is 5.95. The third-order valence-electron chi connectivity index (χ3n) is 4.64. The molecule has 0 unspecified atom stereocenters. The van der Waals surface area contributed by atoms with E-state index in [1.165, 1.54) is 6.20 Å². The molecule has 27 heavy (non-hydrogen) atoms. The molecular formula is C21H23N3O3. The van der Waals surface area contributed by atoms with Gasteiger partial charge in [0, 0.05) is 11.7 Å². The molecule has 1 aromatic heterocycles. The zero-order chi connectivity index (χ0) is 19.6. The van der Waals surface area contributed by atoms with Crippen LogP contribution in [0.2, 0.25) is 0 Å². The molecule has 3 rings (SSSR count). The van der Waals surface area contributed by atoms with Gasteiger partial charge in [-0.1, -0.05) is 36.4 Å². The average molecular weight is 365 g/mol. The number of fused-ring (bicyclic) bond motifs is 1. The third kappa shape index (κ3) is 4.00. The van der Waals surface area contributed by atoms with Crippen LogP contribution in [0.25, 0.3) is 10.8 Å². The maximum absolute atomic E-state index is 12.8. The molecule has 0 saturated carbocycles. The van der Waals surface area contributed by atoms with Crippen molar-refractivity contribution in [3.63, 3.8) is 0 Å². The second kappa shape index (κ2) is 7.61. The number of carboxylic acid groups (broad SMARTS) is 1. The Kier molecular flexibility index (Phi) is 5.26. The van der Waals surface area contributed by atoms with Gasteiger partial charge in [0.15, 0.2) is 0 Å². The maximum Gasteiger partial charge on any atom is 0.305 e. The molecule has 1 heterocycles. The number of carbonyl (C=O) groups excluding carboxylic acids is 1. The Morgan fingerprint density at radius 1 is 1.15 bits per heavy atom. The Morgan fingerprint density at radius 3 is 2.48 bits per heavy atom. The largest absolute Gasteiger partial charge is 0.481 e. The smallest absolute Gasteiger partial charge is 0.305 e. The number of hydrogen-bond donors (Lipinski definition) is 2. The van der Waals surface area contributed by atoms with Crippen molar-refractivity contribution >= 4 is 22.6 Å². The molecule has 0 fully saturated rings. The van der Waals surface area contributed by atoms with Crippen LogP contribution in [0.1, 0.15) is 54.0 Å². The molecule has 0 saturated heterocycles. The summed E-state index contributed by atoms with van der Waals surface area (Å²) in [5, 5.41) is 18.5. The first-order chi connectivity index (χ1) is 12.9. The van der Waals surface area contributed by atoms with Crippen molar-refractivity contribution in [3.05, 3.63) is 65.5 Å². The van der Waals surface area contributed by atoms with E-state index in [1.54, 1.807) is 4.68 Å². The van der Waals surface area contributed by atoms with Gasteiger partial charge in [-0.2, -0.15) is 5.10 Å². The lowest BCUT2D eigenvalue weighted by Crippen LogP contribution is -2.30. The highest BCUT2D eigenvalue weighted by Gasteiger charge is 2.22.